The Balaban J connectivity index is 1.46. The van der Waals surface area contributed by atoms with E-state index in [-0.39, 0.29) is 0 Å². The Kier molecular flexibility index (Phi) is 7.18. The molecule has 3 nitrogen and oxygen atoms in total. The fraction of sp³-hybridized carbons (Fsp3) is 0.343. The maximum atomic E-state index is 2.54. The third-order valence-electron chi connectivity index (χ3n) is 8.41. The van der Waals surface area contributed by atoms with Gasteiger partial charge in [-0.2, -0.15) is 0 Å². The molecule has 0 amide bonds. The highest BCUT2D eigenvalue weighted by atomic mass is 15.1. The lowest BCUT2D eigenvalue weighted by atomic mass is 9.83. The molecular weight excluding hydrogens is 462 g/mol. The van der Waals surface area contributed by atoms with Crippen LogP contribution in [0.15, 0.2) is 84.9 Å². The lowest BCUT2D eigenvalue weighted by Gasteiger charge is -2.29. The molecule has 0 atom stereocenters. The van der Waals surface area contributed by atoms with Gasteiger partial charge < -0.3 is 9.80 Å². The van der Waals surface area contributed by atoms with E-state index in [0.717, 1.165) is 0 Å². The van der Waals surface area contributed by atoms with Crippen LogP contribution in [0.2, 0.25) is 0 Å². The van der Waals surface area contributed by atoms with Crippen LogP contribution in [0.1, 0.15) is 60.8 Å². The number of hydrogen-bond donors (Lipinski definition) is 0. The van der Waals surface area contributed by atoms with Crippen molar-refractivity contribution >= 4 is 28.2 Å². The predicted octanol–water partition coefficient (Wildman–Crippen LogP) is 7.26. The summed E-state index contributed by atoms with van der Waals surface area (Å²) in [5.41, 5.74) is 11.7. The zero-order valence-corrected chi connectivity index (χ0v) is 23.0. The molecule has 0 N–H and O–H groups in total. The number of piperidine rings is 2. The van der Waals surface area contributed by atoms with Crippen molar-refractivity contribution in [1.82, 2.24) is 0 Å². The number of anilines is 2. The summed E-state index contributed by atoms with van der Waals surface area (Å²) in [5.74, 6) is 0. The van der Waals surface area contributed by atoms with Gasteiger partial charge in [-0.25, -0.2) is 4.58 Å². The molecule has 194 valence electrons. The lowest BCUT2D eigenvalue weighted by molar-refractivity contribution is -0.463. The van der Waals surface area contributed by atoms with Crippen molar-refractivity contribution in [2.24, 2.45) is 0 Å². The van der Waals surface area contributed by atoms with Crippen molar-refractivity contribution in [3.05, 3.63) is 107 Å². The second kappa shape index (κ2) is 11.0. The molecule has 0 radical (unpaired) electrons. The summed E-state index contributed by atoms with van der Waals surface area (Å²) >= 11 is 0. The SMILES string of the molecule is C[N+](C)=C1C=CC(=C(c2ccc(N3CCCCC3)cc2)c2ccc(N3CCCCC3)cc2)c2ccccc21. The number of fused-ring (bicyclic) bond motifs is 1. The zero-order valence-electron chi connectivity index (χ0n) is 23.0. The topological polar surface area (TPSA) is 9.49 Å². The molecule has 38 heavy (non-hydrogen) atoms. The Labute approximate surface area is 228 Å². The van der Waals surface area contributed by atoms with E-state index >= 15 is 0 Å². The molecule has 0 aromatic heterocycles. The number of allylic oxidation sites excluding steroid dienone is 3. The second-order valence-corrected chi connectivity index (χ2v) is 11.1. The Morgan fingerprint density at radius 1 is 0.553 bits per heavy atom. The fourth-order valence-electron chi connectivity index (χ4n) is 6.35. The molecule has 3 heteroatoms. The first-order valence-electron chi connectivity index (χ1n) is 14.5. The van der Waals surface area contributed by atoms with Crippen LogP contribution in [0, 0.1) is 0 Å². The van der Waals surface area contributed by atoms with E-state index in [1.54, 1.807) is 0 Å². The van der Waals surface area contributed by atoms with E-state index in [2.05, 4.69) is 113 Å². The van der Waals surface area contributed by atoms with Gasteiger partial charge in [0.25, 0.3) is 0 Å². The molecule has 2 saturated heterocycles. The summed E-state index contributed by atoms with van der Waals surface area (Å²) in [4.78, 5) is 5.09. The van der Waals surface area contributed by atoms with Crippen molar-refractivity contribution < 1.29 is 4.58 Å². The maximum absolute atomic E-state index is 2.54. The van der Waals surface area contributed by atoms with Crippen LogP contribution >= 0.6 is 0 Å². The first-order valence-corrected chi connectivity index (χ1v) is 14.5. The average Bonchev–Trinajstić information content (AvgIpc) is 2.99. The number of benzene rings is 3. The van der Waals surface area contributed by atoms with E-state index in [9.17, 15) is 0 Å². The van der Waals surface area contributed by atoms with Crippen molar-refractivity contribution in [3.8, 4) is 0 Å². The molecule has 0 unspecified atom stereocenters. The minimum Gasteiger partial charge on any atom is -0.372 e. The molecule has 1 aliphatic carbocycles. The van der Waals surface area contributed by atoms with Crippen LogP contribution in [0.3, 0.4) is 0 Å². The minimum atomic E-state index is 1.17. The first kappa shape index (κ1) is 24.7. The Bertz CT molecular complexity index is 1300. The van der Waals surface area contributed by atoms with Gasteiger partial charge in [0, 0.05) is 43.6 Å². The van der Waals surface area contributed by atoms with Gasteiger partial charge in [0.05, 0.1) is 5.56 Å². The van der Waals surface area contributed by atoms with E-state index < -0.39 is 0 Å². The molecule has 0 bridgehead atoms. The molecule has 0 saturated carbocycles. The predicted molar refractivity (Wildman–Crippen MR) is 163 cm³/mol. The Morgan fingerprint density at radius 2 is 1.03 bits per heavy atom. The number of rotatable bonds is 4. The monoisotopic (exact) mass is 502 g/mol. The maximum Gasteiger partial charge on any atom is 0.207 e. The fourth-order valence-corrected chi connectivity index (χ4v) is 6.35. The molecule has 3 aromatic rings. The molecular formula is C35H40N3+. The molecule has 2 heterocycles. The van der Waals surface area contributed by atoms with Crippen LogP contribution in [-0.4, -0.2) is 50.6 Å². The summed E-state index contributed by atoms with van der Waals surface area (Å²) < 4.78 is 2.21. The summed E-state index contributed by atoms with van der Waals surface area (Å²) in [6.07, 6.45) is 12.5. The third kappa shape index (κ3) is 4.95. The highest BCUT2D eigenvalue weighted by Crippen LogP contribution is 2.38. The molecule has 2 fully saturated rings. The quantitative estimate of drug-likeness (QED) is 0.347. The smallest absolute Gasteiger partial charge is 0.207 e. The summed E-state index contributed by atoms with van der Waals surface area (Å²) in [6.45, 7) is 4.68. The first-order chi connectivity index (χ1) is 18.7. The zero-order chi connectivity index (χ0) is 25.9. The average molecular weight is 503 g/mol. The van der Waals surface area contributed by atoms with Gasteiger partial charge in [-0.1, -0.05) is 42.5 Å². The molecule has 3 aliphatic rings. The van der Waals surface area contributed by atoms with E-state index in [4.69, 9.17) is 0 Å². The summed E-state index contributed by atoms with van der Waals surface area (Å²) in [7, 11) is 4.26. The normalized spacial score (nSPS) is 17.4. The van der Waals surface area contributed by atoms with Crippen LogP contribution in [0.25, 0.3) is 11.1 Å². The molecule has 6 rings (SSSR count). The van der Waals surface area contributed by atoms with Crippen LogP contribution < -0.4 is 9.80 Å². The summed E-state index contributed by atoms with van der Waals surface area (Å²) in [6, 6.07) is 27.5. The van der Waals surface area contributed by atoms with Gasteiger partial charge in [0.1, 0.15) is 14.1 Å². The largest absolute Gasteiger partial charge is 0.372 e. The van der Waals surface area contributed by atoms with E-state index in [1.807, 2.05) is 0 Å². The Morgan fingerprint density at radius 3 is 1.50 bits per heavy atom. The number of nitrogens with zero attached hydrogens (tertiary/aromatic N) is 3. The van der Waals surface area contributed by atoms with Crippen LogP contribution in [0.4, 0.5) is 11.4 Å². The van der Waals surface area contributed by atoms with Gasteiger partial charge in [-0.15, -0.1) is 0 Å². The van der Waals surface area contributed by atoms with Gasteiger partial charge in [0.2, 0.25) is 5.71 Å². The highest BCUT2D eigenvalue weighted by Gasteiger charge is 2.23. The minimum absolute atomic E-state index is 1.17. The second-order valence-electron chi connectivity index (χ2n) is 11.1. The molecule has 3 aromatic carbocycles. The van der Waals surface area contributed by atoms with Gasteiger partial charge >= 0.3 is 0 Å². The Hall–Kier alpha value is -3.59. The summed E-state index contributed by atoms with van der Waals surface area (Å²) in [5, 5.41) is 0. The third-order valence-corrected chi connectivity index (χ3v) is 8.41. The van der Waals surface area contributed by atoms with Crippen molar-refractivity contribution in [2.75, 3.05) is 50.1 Å². The molecule has 0 spiro atoms. The standard InChI is InChI=1S/C35H40N3/c1-36(2)34-22-21-33(31-11-5-6-12-32(31)34)35(27-13-17-29(18-14-27)37-23-7-3-8-24-37)28-15-19-30(20-16-28)38-25-9-4-10-26-38/h5-6,11-22H,3-4,7-10,23-26H2,1-2H3/q+1. The molecule has 2 aliphatic heterocycles. The van der Waals surface area contributed by atoms with E-state index in [0.29, 0.717) is 0 Å². The highest BCUT2D eigenvalue weighted by molar-refractivity contribution is 6.17. The van der Waals surface area contributed by atoms with E-state index in [1.165, 1.54) is 115 Å². The van der Waals surface area contributed by atoms with Crippen molar-refractivity contribution in [2.45, 2.75) is 38.5 Å². The number of hydrogen-bond acceptors (Lipinski definition) is 2. The van der Waals surface area contributed by atoms with Gasteiger partial charge in [-0.3, -0.25) is 0 Å². The van der Waals surface area contributed by atoms with Gasteiger partial charge in [-0.05, 0) is 103 Å². The van der Waals surface area contributed by atoms with Crippen LogP contribution in [0.5, 0.6) is 0 Å². The van der Waals surface area contributed by atoms with Crippen LogP contribution in [-0.2, 0) is 0 Å². The van der Waals surface area contributed by atoms with Gasteiger partial charge in [0.15, 0.2) is 0 Å². The van der Waals surface area contributed by atoms with Crippen molar-refractivity contribution in [3.63, 3.8) is 0 Å². The lowest BCUT2D eigenvalue weighted by Crippen LogP contribution is -2.29. The van der Waals surface area contributed by atoms with Crippen molar-refractivity contribution in [1.29, 1.82) is 0 Å².